The second kappa shape index (κ2) is 6.64. The summed E-state index contributed by atoms with van der Waals surface area (Å²) in [6.07, 6.45) is -1.14. The Morgan fingerprint density at radius 3 is 2.20 bits per heavy atom. The third-order valence-electron chi connectivity index (χ3n) is 2.81. The highest BCUT2D eigenvalue weighted by atomic mass is 79.9. The molecule has 0 aliphatic carbocycles. The van der Waals surface area contributed by atoms with E-state index in [1.165, 1.54) is 12.1 Å². The van der Waals surface area contributed by atoms with Gasteiger partial charge in [0.25, 0.3) is 0 Å². The van der Waals surface area contributed by atoms with Crippen LogP contribution in [0.1, 0.15) is 17.2 Å². The van der Waals surface area contributed by atoms with Crippen molar-refractivity contribution in [3.63, 3.8) is 0 Å². The predicted octanol–water partition coefficient (Wildman–Crippen LogP) is 5.53. The van der Waals surface area contributed by atoms with Crippen LogP contribution < -0.4 is 0 Å². The van der Waals surface area contributed by atoms with Gasteiger partial charge in [-0.1, -0.05) is 31.9 Å². The molecule has 6 heteroatoms. The number of benzene rings is 2. The average molecular weight is 471 g/mol. The molecule has 2 rings (SSSR count). The van der Waals surface area contributed by atoms with Crippen LogP contribution in [0, 0.1) is 11.6 Å². The van der Waals surface area contributed by atoms with E-state index in [0.717, 1.165) is 8.95 Å². The molecule has 1 unspecified atom stereocenters. The van der Waals surface area contributed by atoms with Crippen molar-refractivity contribution in [2.24, 2.45) is 0 Å². The maximum Gasteiger partial charge on any atom is 0.143 e. The van der Waals surface area contributed by atoms with Crippen molar-refractivity contribution in [2.75, 3.05) is 0 Å². The summed E-state index contributed by atoms with van der Waals surface area (Å²) in [5.41, 5.74) is 0.438. The van der Waals surface area contributed by atoms with Gasteiger partial charge in [0.2, 0.25) is 0 Å². The number of halogens is 5. The van der Waals surface area contributed by atoms with E-state index in [4.69, 9.17) is 0 Å². The minimum Gasteiger partial charge on any atom is -0.388 e. The highest BCUT2D eigenvalue weighted by Crippen LogP contribution is 2.29. The van der Waals surface area contributed by atoms with E-state index >= 15 is 0 Å². The SMILES string of the molecule is OC(Cc1c(F)ccc(Br)c1F)c1cc(Br)cc(Br)c1. The van der Waals surface area contributed by atoms with Crippen LogP contribution >= 0.6 is 47.8 Å². The van der Waals surface area contributed by atoms with Gasteiger partial charge in [-0.25, -0.2) is 8.78 Å². The number of aliphatic hydroxyl groups is 1. The first-order valence-electron chi connectivity index (χ1n) is 5.65. The Morgan fingerprint density at radius 2 is 1.60 bits per heavy atom. The zero-order chi connectivity index (χ0) is 14.9. The fraction of sp³-hybridized carbons (Fsp3) is 0.143. The van der Waals surface area contributed by atoms with Gasteiger partial charge in [0.1, 0.15) is 11.6 Å². The molecule has 2 aromatic rings. The summed E-state index contributed by atoms with van der Waals surface area (Å²) < 4.78 is 29.3. The Morgan fingerprint density at radius 1 is 1.00 bits per heavy atom. The van der Waals surface area contributed by atoms with Crippen molar-refractivity contribution in [3.8, 4) is 0 Å². The molecule has 0 bridgehead atoms. The van der Waals surface area contributed by atoms with Gasteiger partial charge >= 0.3 is 0 Å². The van der Waals surface area contributed by atoms with Gasteiger partial charge in [-0.15, -0.1) is 0 Å². The van der Waals surface area contributed by atoms with Crippen molar-refractivity contribution in [1.82, 2.24) is 0 Å². The molecule has 0 amide bonds. The Hall–Kier alpha value is -0.300. The molecule has 0 aliphatic rings. The molecule has 0 heterocycles. The summed E-state index contributed by atoms with van der Waals surface area (Å²) in [6, 6.07) is 7.71. The lowest BCUT2D eigenvalue weighted by Gasteiger charge is -2.14. The number of aliphatic hydroxyl groups excluding tert-OH is 1. The van der Waals surface area contributed by atoms with E-state index < -0.39 is 17.7 Å². The van der Waals surface area contributed by atoms with Gasteiger partial charge in [0, 0.05) is 20.9 Å². The summed E-state index contributed by atoms with van der Waals surface area (Å²) in [5.74, 6) is -1.35. The summed E-state index contributed by atoms with van der Waals surface area (Å²) in [6.45, 7) is 0. The maximum atomic E-state index is 13.9. The molecule has 0 spiro atoms. The zero-order valence-electron chi connectivity index (χ0n) is 10.0. The summed E-state index contributed by atoms with van der Waals surface area (Å²) in [7, 11) is 0. The Labute approximate surface area is 140 Å². The number of hydrogen-bond donors (Lipinski definition) is 1. The van der Waals surface area contributed by atoms with Crippen molar-refractivity contribution in [2.45, 2.75) is 12.5 Å². The minimum atomic E-state index is -0.998. The second-order valence-electron chi connectivity index (χ2n) is 4.24. The quantitative estimate of drug-likeness (QED) is 0.585. The molecule has 1 nitrogen and oxygen atoms in total. The molecule has 0 saturated heterocycles. The van der Waals surface area contributed by atoms with Crippen molar-refractivity contribution >= 4 is 47.8 Å². The van der Waals surface area contributed by atoms with E-state index in [1.54, 1.807) is 12.1 Å². The number of rotatable bonds is 3. The van der Waals surface area contributed by atoms with Gasteiger partial charge < -0.3 is 5.11 Å². The second-order valence-corrected chi connectivity index (χ2v) is 6.93. The van der Waals surface area contributed by atoms with Crippen molar-refractivity contribution in [3.05, 3.63) is 66.5 Å². The van der Waals surface area contributed by atoms with Crippen LogP contribution in [0.4, 0.5) is 8.78 Å². The Kier molecular flexibility index (Phi) is 5.34. The molecule has 1 atom stereocenters. The molecular formula is C14H9Br3F2O. The molecule has 20 heavy (non-hydrogen) atoms. The molecule has 0 saturated carbocycles. The fourth-order valence-electron chi connectivity index (χ4n) is 1.83. The van der Waals surface area contributed by atoms with Gasteiger partial charge in [0.15, 0.2) is 0 Å². The van der Waals surface area contributed by atoms with E-state index in [9.17, 15) is 13.9 Å². The molecular weight excluding hydrogens is 462 g/mol. The van der Waals surface area contributed by atoms with Crippen LogP contribution in [0.15, 0.2) is 43.7 Å². The Balaban J connectivity index is 2.32. The first-order valence-corrected chi connectivity index (χ1v) is 8.03. The maximum absolute atomic E-state index is 13.9. The van der Waals surface area contributed by atoms with Gasteiger partial charge in [-0.3, -0.25) is 0 Å². The molecule has 0 fully saturated rings. The summed E-state index contributed by atoms with van der Waals surface area (Å²) in [4.78, 5) is 0. The lowest BCUT2D eigenvalue weighted by molar-refractivity contribution is 0.175. The van der Waals surface area contributed by atoms with Gasteiger partial charge in [0.05, 0.1) is 10.6 Å². The van der Waals surface area contributed by atoms with Crippen molar-refractivity contribution < 1.29 is 13.9 Å². The van der Waals surface area contributed by atoms with E-state index in [1.807, 2.05) is 6.07 Å². The zero-order valence-corrected chi connectivity index (χ0v) is 14.8. The largest absolute Gasteiger partial charge is 0.388 e. The topological polar surface area (TPSA) is 20.2 Å². The third kappa shape index (κ3) is 3.67. The van der Waals surface area contributed by atoms with Crippen LogP contribution in [0.25, 0.3) is 0 Å². The van der Waals surface area contributed by atoms with Crippen LogP contribution in [0.2, 0.25) is 0 Å². The minimum absolute atomic E-state index is 0.136. The molecule has 106 valence electrons. The van der Waals surface area contributed by atoms with E-state index in [2.05, 4.69) is 47.8 Å². The normalized spacial score (nSPS) is 12.5. The van der Waals surface area contributed by atoms with Crippen LogP contribution in [-0.4, -0.2) is 5.11 Å². The molecule has 1 N–H and O–H groups in total. The summed E-state index contributed by atoms with van der Waals surface area (Å²) >= 11 is 9.63. The monoisotopic (exact) mass is 468 g/mol. The average Bonchev–Trinajstić information content (AvgIpc) is 2.38. The number of hydrogen-bond acceptors (Lipinski definition) is 1. The molecule has 0 radical (unpaired) electrons. The molecule has 2 aromatic carbocycles. The summed E-state index contributed by atoms with van der Waals surface area (Å²) in [5, 5.41) is 10.2. The van der Waals surface area contributed by atoms with Crippen LogP contribution in [0.5, 0.6) is 0 Å². The van der Waals surface area contributed by atoms with E-state index in [0.29, 0.717) is 5.56 Å². The van der Waals surface area contributed by atoms with Crippen LogP contribution in [0.3, 0.4) is 0 Å². The smallest absolute Gasteiger partial charge is 0.143 e. The highest BCUT2D eigenvalue weighted by Gasteiger charge is 2.18. The molecule has 0 aromatic heterocycles. The van der Waals surface area contributed by atoms with Crippen LogP contribution in [-0.2, 0) is 6.42 Å². The first-order chi connectivity index (χ1) is 9.38. The van der Waals surface area contributed by atoms with Gasteiger partial charge in [-0.2, -0.15) is 0 Å². The predicted molar refractivity (Wildman–Crippen MR) is 84.6 cm³/mol. The Bertz CT molecular complexity index is 626. The van der Waals surface area contributed by atoms with Crippen molar-refractivity contribution in [1.29, 1.82) is 0 Å². The lowest BCUT2D eigenvalue weighted by Crippen LogP contribution is -2.06. The highest BCUT2D eigenvalue weighted by molar-refractivity contribution is 9.11. The molecule has 0 aliphatic heterocycles. The van der Waals surface area contributed by atoms with E-state index in [-0.39, 0.29) is 16.5 Å². The first kappa shape index (κ1) is 16.1. The third-order valence-corrected chi connectivity index (χ3v) is 4.33. The fourth-order valence-corrected chi connectivity index (χ4v) is 3.54. The van der Waals surface area contributed by atoms with Gasteiger partial charge in [-0.05, 0) is 51.8 Å². The lowest BCUT2D eigenvalue weighted by atomic mass is 10.0. The standard InChI is InChI=1S/C14H9Br3F2O/c15-8-3-7(4-9(16)5-8)13(20)6-10-12(18)2-1-11(17)14(10)19/h1-5,13,20H,6H2.